The van der Waals surface area contributed by atoms with Crippen molar-refractivity contribution in [1.29, 1.82) is 0 Å². The van der Waals surface area contributed by atoms with Crippen LogP contribution in [0.4, 0.5) is 0 Å². The van der Waals surface area contributed by atoms with Crippen molar-refractivity contribution >= 4 is 0 Å². The molecule has 0 aliphatic rings. The van der Waals surface area contributed by atoms with E-state index in [1.165, 1.54) is 22.2 Å². The summed E-state index contributed by atoms with van der Waals surface area (Å²) in [4.78, 5) is 10.7. The van der Waals surface area contributed by atoms with Crippen molar-refractivity contribution in [3.8, 4) is 0 Å². The van der Waals surface area contributed by atoms with Crippen LogP contribution >= 0.6 is 0 Å². The SMILES string of the molecule is CN(n1cncn1)n1cncn1. The molecule has 7 heteroatoms. The molecule has 0 atom stereocenters. The van der Waals surface area contributed by atoms with Crippen LogP contribution in [0.2, 0.25) is 0 Å². The molecule has 12 heavy (non-hydrogen) atoms. The standard InChI is InChI=1S/C5H7N7/c1-10(11-4-6-2-8-11)12-5-7-3-9-12/h2-5H,1H3. The summed E-state index contributed by atoms with van der Waals surface area (Å²) in [5.41, 5.74) is 0. The highest BCUT2D eigenvalue weighted by molar-refractivity contribution is 4.74. The first kappa shape index (κ1) is 6.77. The maximum absolute atomic E-state index is 3.92. The van der Waals surface area contributed by atoms with Crippen LogP contribution in [0.3, 0.4) is 0 Å². The van der Waals surface area contributed by atoms with Gasteiger partial charge in [0.2, 0.25) is 0 Å². The second kappa shape index (κ2) is 2.61. The van der Waals surface area contributed by atoms with E-state index >= 15 is 0 Å². The fraction of sp³-hybridized carbons (Fsp3) is 0.200. The second-order valence-corrected chi connectivity index (χ2v) is 2.12. The summed E-state index contributed by atoms with van der Waals surface area (Å²) in [6.45, 7) is 0. The Kier molecular flexibility index (Phi) is 1.47. The van der Waals surface area contributed by atoms with E-state index in [2.05, 4.69) is 20.2 Å². The van der Waals surface area contributed by atoms with Gasteiger partial charge in [0, 0.05) is 7.05 Å². The molecular weight excluding hydrogens is 158 g/mol. The van der Waals surface area contributed by atoms with Gasteiger partial charge in [0.1, 0.15) is 25.3 Å². The molecule has 0 radical (unpaired) electrons. The van der Waals surface area contributed by atoms with Crippen LogP contribution in [0.15, 0.2) is 25.3 Å². The Morgan fingerprint density at radius 2 is 1.50 bits per heavy atom. The zero-order valence-corrected chi connectivity index (χ0v) is 6.44. The van der Waals surface area contributed by atoms with Crippen molar-refractivity contribution in [2.24, 2.45) is 0 Å². The number of nitrogens with zero attached hydrogens (tertiary/aromatic N) is 7. The highest BCUT2D eigenvalue weighted by atomic mass is 15.9. The maximum atomic E-state index is 3.92. The van der Waals surface area contributed by atoms with E-state index in [-0.39, 0.29) is 0 Å². The third-order valence-corrected chi connectivity index (χ3v) is 1.41. The monoisotopic (exact) mass is 165 g/mol. The van der Waals surface area contributed by atoms with Crippen molar-refractivity contribution < 1.29 is 0 Å². The first-order chi connectivity index (χ1) is 5.88. The average Bonchev–Trinajstić information content (AvgIpc) is 2.77. The van der Waals surface area contributed by atoms with Crippen LogP contribution in [-0.2, 0) is 0 Å². The van der Waals surface area contributed by atoms with E-state index in [1.54, 1.807) is 24.8 Å². The van der Waals surface area contributed by atoms with E-state index < -0.39 is 0 Å². The van der Waals surface area contributed by atoms with Gasteiger partial charge in [-0.05, 0) is 0 Å². The maximum Gasteiger partial charge on any atom is 0.139 e. The Labute approximate surface area is 68.2 Å². The molecule has 0 saturated heterocycles. The molecule has 0 aromatic carbocycles. The molecule has 0 saturated carbocycles. The van der Waals surface area contributed by atoms with Crippen molar-refractivity contribution in [2.45, 2.75) is 0 Å². The Balaban J connectivity index is 2.27. The molecule has 7 nitrogen and oxygen atoms in total. The Bertz CT molecular complexity index is 288. The van der Waals surface area contributed by atoms with E-state index in [1.807, 2.05) is 0 Å². The third kappa shape index (κ3) is 1.00. The lowest BCUT2D eigenvalue weighted by Gasteiger charge is -2.15. The molecular formula is C5H7N7. The van der Waals surface area contributed by atoms with Crippen molar-refractivity contribution in [3.05, 3.63) is 25.3 Å². The van der Waals surface area contributed by atoms with Crippen LogP contribution in [0.5, 0.6) is 0 Å². The summed E-state index contributed by atoms with van der Waals surface area (Å²) < 4.78 is 0. The summed E-state index contributed by atoms with van der Waals surface area (Å²) in [5, 5.41) is 9.48. The van der Waals surface area contributed by atoms with E-state index in [0.29, 0.717) is 0 Å². The number of aromatic nitrogens is 6. The summed E-state index contributed by atoms with van der Waals surface area (Å²) in [6, 6.07) is 0. The fourth-order valence-corrected chi connectivity index (χ4v) is 0.797. The topological polar surface area (TPSA) is 64.7 Å². The predicted molar refractivity (Wildman–Crippen MR) is 39.6 cm³/mol. The van der Waals surface area contributed by atoms with Crippen LogP contribution in [0.25, 0.3) is 0 Å². The molecule has 2 rings (SSSR count). The summed E-state index contributed by atoms with van der Waals surface area (Å²) >= 11 is 0. The molecule has 0 unspecified atom stereocenters. The van der Waals surface area contributed by atoms with Crippen LogP contribution in [-0.4, -0.2) is 36.8 Å². The van der Waals surface area contributed by atoms with Gasteiger partial charge in [-0.25, -0.2) is 9.97 Å². The van der Waals surface area contributed by atoms with Gasteiger partial charge in [-0.2, -0.15) is 5.12 Å². The first-order valence-electron chi connectivity index (χ1n) is 3.31. The van der Waals surface area contributed by atoms with Gasteiger partial charge < -0.3 is 0 Å². The zero-order valence-electron chi connectivity index (χ0n) is 6.44. The molecule has 0 aliphatic carbocycles. The van der Waals surface area contributed by atoms with Crippen LogP contribution < -0.4 is 5.12 Å². The Hall–Kier alpha value is -1.92. The summed E-state index contributed by atoms with van der Waals surface area (Å²) in [7, 11) is 1.80. The molecule has 0 N–H and O–H groups in total. The van der Waals surface area contributed by atoms with Gasteiger partial charge >= 0.3 is 0 Å². The molecule has 0 amide bonds. The average molecular weight is 165 g/mol. The Morgan fingerprint density at radius 1 is 1.00 bits per heavy atom. The van der Waals surface area contributed by atoms with Crippen molar-refractivity contribution in [1.82, 2.24) is 29.7 Å². The summed E-state index contributed by atoms with van der Waals surface area (Å²) in [5.74, 6) is 0. The molecule has 2 aromatic rings. The fourth-order valence-electron chi connectivity index (χ4n) is 0.797. The second-order valence-electron chi connectivity index (χ2n) is 2.12. The molecule has 0 spiro atoms. The zero-order chi connectivity index (χ0) is 8.39. The van der Waals surface area contributed by atoms with Gasteiger partial charge in [-0.3, -0.25) is 0 Å². The van der Waals surface area contributed by atoms with E-state index in [9.17, 15) is 0 Å². The normalized spacial score (nSPS) is 10.1. The smallest absolute Gasteiger partial charge is 0.139 e. The number of hydrogen-bond acceptors (Lipinski definition) is 5. The number of rotatable bonds is 2. The quantitative estimate of drug-likeness (QED) is 0.565. The highest BCUT2D eigenvalue weighted by Gasteiger charge is 2.00. The highest BCUT2D eigenvalue weighted by Crippen LogP contribution is 1.84. The lowest BCUT2D eigenvalue weighted by Crippen LogP contribution is -2.36. The summed E-state index contributed by atoms with van der Waals surface area (Å²) in [6.07, 6.45) is 6.05. The largest absolute Gasteiger partial charge is 0.221 e. The molecule has 2 heterocycles. The lowest BCUT2D eigenvalue weighted by atomic mass is 11.2. The van der Waals surface area contributed by atoms with E-state index in [0.717, 1.165) is 0 Å². The first-order valence-corrected chi connectivity index (χ1v) is 3.31. The van der Waals surface area contributed by atoms with Crippen LogP contribution in [0, 0.1) is 0 Å². The third-order valence-electron chi connectivity index (χ3n) is 1.41. The van der Waals surface area contributed by atoms with Gasteiger partial charge in [0.15, 0.2) is 0 Å². The van der Waals surface area contributed by atoms with Gasteiger partial charge in [0.05, 0.1) is 0 Å². The molecule has 0 bridgehead atoms. The molecule has 0 aliphatic heterocycles. The lowest BCUT2D eigenvalue weighted by molar-refractivity contribution is 0.471. The Morgan fingerprint density at radius 3 is 1.83 bits per heavy atom. The number of hydrogen-bond donors (Lipinski definition) is 0. The van der Waals surface area contributed by atoms with Gasteiger partial charge in [-0.1, -0.05) is 0 Å². The van der Waals surface area contributed by atoms with Crippen molar-refractivity contribution in [3.63, 3.8) is 0 Å². The van der Waals surface area contributed by atoms with Crippen molar-refractivity contribution in [2.75, 3.05) is 12.2 Å². The van der Waals surface area contributed by atoms with Gasteiger partial charge in [0.25, 0.3) is 0 Å². The minimum atomic E-state index is 1.45. The molecule has 62 valence electrons. The van der Waals surface area contributed by atoms with Gasteiger partial charge in [-0.15, -0.1) is 19.8 Å². The predicted octanol–water partition coefficient (Wildman–Crippen LogP) is -1.10. The molecule has 2 aromatic heterocycles. The van der Waals surface area contributed by atoms with E-state index in [4.69, 9.17) is 0 Å². The molecule has 0 fully saturated rings. The van der Waals surface area contributed by atoms with Crippen LogP contribution in [0.1, 0.15) is 0 Å². The minimum absolute atomic E-state index is 1.45. The minimum Gasteiger partial charge on any atom is -0.221 e.